The average molecular weight is 335 g/mol. The van der Waals surface area contributed by atoms with Crippen molar-refractivity contribution in [1.29, 1.82) is 0 Å². The van der Waals surface area contributed by atoms with Gasteiger partial charge in [-0.25, -0.2) is 0 Å². The second-order valence-electron chi connectivity index (χ2n) is 4.28. The molecule has 1 aromatic heterocycles. The van der Waals surface area contributed by atoms with E-state index >= 15 is 0 Å². The summed E-state index contributed by atoms with van der Waals surface area (Å²) >= 11 is 19.9. The molecule has 1 heterocycles. The van der Waals surface area contributed by atoms with E-state index < -0.39 is 0 Å². The lowest BCUT2D eigenvalue weighted by Crippen LogP contribution is -2.21. The van der Waals surface area contributed by atoms with Crippen molar-refractivity contribution in [2.45, 2.75) is 19.9 Å². The highest BCUT2D eigenvalue weighted by Gasteiger charge is 2.19. The van der Waals surface area contributed by atoms with Crippen molar-refractivity contribution in [3.8, 4) is 0 Å². The van der Waals surface area contributed by atoms with Crippen LogP contribution in [-0.4, -0.2) is 6.54 Å². The van der Waals surface area contributed by atoms with Gasteiger partial charge in [0.1, 0.15) is 0 Å². The molecule has 0 bridgehead atoms. The first kappa shape index (κ1) is 15.1. The number of hydrogen-bond donors (Lipinski definition) is 1. The minimum Gasteiger partial charge on any atom is -0.306 e. The van der Waals surface area contributed by atoms with Crippen LogP contribution in [0.15, 0.2) is 24.3 Å². The standard InChI is InChI=1S/C14H14Cl3NS/c1-3-18-13(10-7-12(16)19-14(10)17)9-5-4-8(2)11(15)6-9/h4-7,13,18H,3H2,1-2H3. The van der Waals surface area contributed by atoms with Crippen LogP contribution in [0.3, 0.4) is 0 Å². The molecular formula is C14H14Cl3NS. The average Bonchev–Trinajstić information content (AvgIpc) is 2.69. The fourth-order valence-electron chi connectivity index (χ4n) is 1.95. The molecule has 0 aliphatic carbocycles. The van der Waals surface area contributed by atoms with E-state index in [2.05, 4.69) is 18.3 Å². The Morgan fingerprint density at radius 1 is 1.21 bits per heavy atom. The van der Waals surface area contributed by atoms with Gasteiger partial charge in [0, 0.05) is 10.6 Å². The Kier molecular flexibility index (Phi) is 5.15. The highest BCUT2D eigenvalue weighted by Crippen LogP contribution is 2.38. The molecule has 1 N–H and O–H groups in total. The number of nitrogens with one attached hydrogen (secondary N) is 1. The molecule has 1 atom stereocenters. The summed E-state index contributed by atoms with van der Waals surface area (Å²) in [5.41, 5.74) is 3.15. The predicted molar refractivity (Wildman–Crippen MR) is 86.0 cm³/mol. The van der Waals surface area contributed by atoms with E-state index in [1.807, 2.05) is 25.1 Å². The van der Waals surface area contributed by atoms with Gasteiger partial charge in [-0.1, -0.05) is 53.9 Å². The Morgan fingerprint density at radius 2 is 1.95 bits per heavy atom. The Hall–Kier alpha value is -0.250. The minimum absolute atomic E-state index is 0.0133. The van der Waals surface area contributed by atoms with Crippen molar-refractivity contribution >= 4 is 46.1 Å². The van der Waals surface area contributed by atoms with Gasteiger partial charge in [0.05, 0.1) is 14.7 Å². The smallest absolute Gasteiger partial charge is 0.0995 e. The number of hydrogen-bond acceptors (Lipinski definition) is 2. The maximum absolute atomic E-state index is 6.26. The Balaban J connectivity index is 2.44. The Labute approximate surface area is 132 Å². The van der Waals surface area contributed by atoms with E-state index in [0.717, 1.165) is 28.3 Å². The molecule has 1 unspecified atom stereocenters. The first-order valence-corrected chi connectivity index (χ1v) is 7.92. The van der Waals surface area contributed by atoms with Gasteiger partial charge in [-0.3, -0.25) is 0 Å². The maximum Gasteiger partial charge on any atom is 0.0995 e. The van der Waals surface area contributed by atoms with Crippen LogP contribution in [0, 0.1) is 6.92 Å². The summed E-state index contributed by atoms with van der Waals surface area (Å²) in [4.78, 5) is 0. The molecule has 0 aliphatic rings. The quantitative estimate of drug-likeness (QED) is 0.754. The summed E-state index contributed by atoms with van der Waals surface area (Å²) in [6.45, 7) is 4.88. The van der Waals surface area contributed by atoms with Crippen molar-refractivity contribution in [2.75, 3.05) is 6.54 Å². The van der Waals surface area contributed by atoms with Gasteiger partial charge in [0.15, 0.2) is 0 Å². The Morgan fingerprint density at radius 3 is 2.47 bits per heavy atom. The largest absolute Gasteiger partial charge is 0.306 e. The molecule has 0 spiro atoms. The van der Waals surface area contributed by atoms with Gasteiger partial charge >= 0.3 is 0 Å². The third kappa shape index (κ3) is 3.45. The van der Waals surface area contributed by atoms with E-state index in [9.17, 15) is 0 Å². The first-order valence-electron chi connectivity index (χ1n) is 5.97. The van der Waals surface area contributed by atoms with Crippen LogP contribution in [0.25, 0.3) is 0 Å². The van der Waals surface area contributed by atoms with Gasteiger partial charge in [-0.05, 0) is 36.7 Å². The van der Waals surface area contributed by atoms with E-state index in [0.29, 0.717) is 8.67 Å². The normalized spacial score (nSPS) is 12.7. The van der Waals surface area contributed by atoms with Crippen LogP contribution >= 0.6 is 46.1 Å². The molecule has 0 radical (unpaired) electrons. The molecule has 0 saturated heterocycles. The van der Waals surface area contributed by atoms with Gasteiger partial charge in [-0.2, -0.15) is 0 Å². The summed E-state index contributed by atoms with van der Waals surface area (Å²) in [6.07, 6.45) is 0. The molecule has 102 valence electrons. The third-order valence-electron chi connectivity index (χ3n) is 2.93. The summed E-state index contributed by atoms with van der Waals surface area (Å²) in [5.74, 6) is 0. The predicted octanol–water partition coefficient (Wildman–Crippen LogP) is 5.72. The minimum atomic E-state index is 0.0133. The number of benzene rings is 1. The van der Waals surface area contributed by atoms with E-state index in [4.69, 9.17) is 34.8 Å². The molecule has 0 aliphatic heterocycles. The number of rotatable bonds is 4. The van der Waals surface area contributed by atoms with Crippen LogP contribution < -0.4 is 5.32 Å². The van der Waals surface area contributed by atoms with Gasteiger partial charge < -0.3 is 5.32 Å². The molecule has 1 aromatic carbocycles. The second-order valence-corrected chi connectivity index (χ2v) is 6.97. The van der Waals surface area contributed by atoms with Crippen molar-refractivity contribution in [2.24, 2.45) is 0 Å². The zero-order valence-corrected chi connectivity index (χ0v) is 13.7. The molecule has 2 aromatic rings. The van der Waals surface area contributed by atoms with Gasteiger partial charge in [-0.15, -0.1) is 11.3 Å². The van der Waals surface area contributed by atoms with Crippen LogP contribution in [0.1, 0.15) is 29.7 Å². The van der Waals surface area contributed by atoms with Crippen molar-refractivity contribution in [1.82, 2.24) is 5.32 Å². The Bertz CT molecular complexity index is 580. The van der Waals surface area contributed by atoms with Crippen LogP contribution in [0.4, 0.5) is 0 Å². The molecule has 0 fully saturated rings. The van der Waals surface area contributed by atoms with Crippen LogP contribution in [0.5, 0.6) is 0 Å². The van der Waals surface area contributed by atoms with E-state index in [1.54, 1.807) is 0 Å². The van der Waals surface area contributed by atoms with Crippen molar-refractivity contribution < 1.29 is 0 Å². The lowest BCUT2D eigenvalue weighted by atomic mass is 10.00. The highest BCUT2D eigenvalue weighted by atomic mass is 35.5. The topological polar surface area (TPSA) is 12.0 Å². The molecule has 0 saturated carbocycles. The summed E-state index contributed by atoms with van der Waals surface area (Å²) in [6, 6.07) is 7.99. The number of thiophene rings is 1. The summed E-state index contributed by atoms with van der Waals surface area (Å²) in [7, 11) is 0. The number of halogens is 3. The van der Waals surface area contributed by atoms with Crippen LogP contribution in [-0.2, 0) is 0 Å². The number of aryl methyl sites for hydroxylation is 1. The van der Waals surface area contributed by atoms with E-state index in [-0.39, 0.29) is 6.04 Å². The molecule has 1 nitrogen and oxygen atoms in total. The monoisotopic (exact) mass is 333 g/mol. The fraction of sp³-hybridized carbons (Fsp3) is 0.286. The molecule has 5 heteroatoms. The second kappa shape index (κ2) is 6.47. The van der Waals surface area contributed by atoms with Gasteiger partial charge in [0.2, 0.25) is 0 Å². The van der Waals surface area contributed by atoms with E-state index in [1.165, 1.54) is 11.3 Å². The molecule has 0 amide bonds. The first-order chi connectivity index (χ1) is 9.02. The molecule has 19 heavy (non-hydrogen) atoms. The van der Waals surface area contributed by atoms with Crippen molar-refractivity contribution in [3.05, 3.63) is 54.7 Å². The third-order valence-corrected chi connectivity index (χ3v) is 4.86. The molecular weight excluding hydrogens is 321 g/mol. The van der Waals surface area contributed by atoms with Crippen molar-refractivity contribution in [3.63, 3.8) is 0 Å². The SMILES string of the molecule is CCNC(c1ccc(C)c(Cl)c1)c1cc(Cl)sc1Cl. The zero-order valence-electron chi connectivity index (χ0n) is 10.6. The lowest BCUT2D eigenvalue weighted by Gasteiger charge is -2.18. The summed E-state index contributed by atoms with van der Waals surface area (Å²) < 4.78 is 1.41. The van der Waals surface area contributed by atoms with Gasteiger partial charge in [0.25, 0.3) is 0 Å². The lowest BCUT2D eigenvalue weighted by molar-refractivity contribution is 0.632. The van der Waals surface area contributed by atoms with Crippen LogP contribution in [0.2, 0.25) is 13.7 Å². The summed E-state index contributed by atoms with van der Waals surface area (Å²) in [5, 5.41) is 4.18. The maximum atomic E-state index is 6.26. The molecule has 2 rings (SSSR count). The zero-order chi connectivity index (χ0) is 14.0. The highest BCUT2D eigenvalue weighted by molar-refractivity contribution is 7.20. The fourth-order valence-corrected chi connectivity index (χ4v) is 3.67.